The van der Waals surface area contributed by atoms with Gasteiger partial charge in [-0.3, -0.25) is 14.3 Å². The number of allylic oxidation sites excluding steroid dienone is 1. The number of rotatable bonds is 10. The summed E-state index contributed by atoms with van der Waals surface area (Å²) in [6.07, 6.45) is 1.84. The van der Waals surface area contributed by atoms with E-state index in [0.29, 0.717) is 22.5 Å². The number of sulfonamides is 1. The van der Waals surface area contributed by atoms with Gasteiger partial charge in [-0.15, -0.1) is 0 Å². The van der Waals surface area contributed by atoms with Gasteiger partial charge in [-0.05, 0) is 42.3 Å². The number of ether oxygens (including phenoxy) is 1. The molecule has 9 nitrogen and oxygen atoms in total. The van der Waals surface area contributed by atoms with Gasteiger partial charge < -0.3 is 9.84 Å². The monoisotopic (exact) mass is 479 g/mol. The zero-order valence-corrected chi connectivity index (χ0v) is 19.5. The van der Waals surface area contributed by atoms with Gasteiger partial charge in [-0.2, -0.15) is 0 Å². The van der Waals surface area contributed by atoms with Crippen molar-refractivity contribution in [1.29, 1.82) is 0 Å². The highest BCUT2D eigenvalue weighted by molar-refractivity contribution is 7.91. The van der Waals surface area contributed by atoms with E-state index in [1.807, 2.05) is 13.8 Å². The molecular formula is C22H26FN3O6S. The Morgan fingerprint density at radius 3 is 2.36 bits per heavy atom. The summed E-state index contributed by atoms with van der Waals surface area (Å²) in [5.74, 6) is -1.89. The molecule has 2 N–H and O–H groups in total. The molecular weight excluding hydrogens is 453 g/mol. The maximum absolute atomic E-state index is 13.5. The highest BCUT2D eigenvalue weighted by Gasteiger charge is 2.19. The molecule has 0 saturated carbocycles. The van der Waals surface area contributed by atoms with Gasteiger partial charge >= 0.3 is 5.97 Å². The Hall–Kier alpha value is -3.18. The van der Waals surface area contributed by atoms with E-state index in [1.165, 1.54) is 43.5 Å². The van der Waals surface area contributed by atoms with Gasteiger partial charge in [0.2, 0.25) is 16.0 Å². The molecule has 0 unspecified atom stereocenters. The van der Waals surface area contributed by atoms with Crippen LogP contribution in [0.1, 0.15) is 43.9 Å². The lowest BCUT2D eigenvalue weighted by Crippen LogP contribution is -2.17. The first-order valence-electron chi connectivity index (χ1n) is 10.0. The summed E-state index contributed by atoms with van der Waals surface area (Å²) < 4.78 is 43.6. The maximum atomic E-state index is 13.5. The predicted octanol–water partition coefficient (Wildman–Crippen LogP) is 2.67. The number of esters is 1. The van der Waals surface area contributed by atoms with E-state index in [1.54, 1.807) is 0 Å². The van der Waals surface area contributed by atoms with Crippen molar-refractivity contribution < 1.29 is 32.2 Å². The molecule has 0 radical (unpaired) electrons. The topological polar surface area (TPSA) is 136 Å². The van der Waals surface area contributed by atoms with Crippen molar-refractivity contribution in [2.24, 2.45) is 0 Å². The average Bonchev–Trinajstić information content (AvgIpc) is 2.71. The van der Waals surface area contributed by atoms with Crippen molar-refractivity contribution in [3.63, 3.8) is 0 Å². The number of nitrogens with one attached hydrogen (secondary N) is 1. The number of hydrogen-bond acceptors (Lipinski definition) is 8. The number of anilines is 1. The lowest BCUT2D eigenvalue weighted by molar-refractivity contribution is -0.143. The lowest BCUT2D eigenvalue weighted by atomic mass is 9.97. The van der Waals surface area contributed by atoms with E-state index in [2.05, 4.69) is 19.4 Å². The molecule has 1 aromatic heterocycles. The smallest absolute Gasteiger partial charge is 0.308 e. The third-order valence-electron chi connectivity index (χ3n) is 4.42. The van der Waals surface area contributed by atoms with Crippen molar-refractivity contribution in [1.82, 2.24) is 9.97 Å². The fourth-order valence-electron chi connectivity index (χ4n) is 2.95. The van der Waals surface area contributed by atoms with Crippen LogP contribution in [0.3, 0.4) is 0 Å². The zero-order chi connectivity index (χ0) is 24.8. The minimum atomic E-state index is -3.66. The summed E-state index contributed by atoms with van der Waals surface area (Å²) in [6, 6.07) is 5.42. The first-order chi connectivity index (χ1) is 15.4. The second-order valence-electron chi connectivity index (χ2n) is 7.67. The molecule has 178 valence electrons. The summed E-state index contributed by atoms with van der Waals surface area (Å²) in [6.45, 7) is 3.67. The largest absolute Gasteiger partial charge is 0.469 e. The summed E-state index contributed by atoms with van der Waals surface area (Å²) in [5, 5.41) is 9.88. The predicted molar refractivity (Wildman–Crippen MR) is 121 cm³/mol. The van der Waals surface area contributed by atoms with Crippen LogP contribution in [0.15, 0.2) is 30.3 Å². The highest BCUT2D eigenvalue weighted by Crippen LogP contribution is 2.30. The van der Waals surface area contributed by atoms with Gasteiger partial charge in [0.05, 0.1) is 37.3 Å². The van der Waals surface area contributed by atoms with E-state index < -0.39 is 33.7 Å². The summed E-state index contributed by atoms with van der Waals surface area (Å²) >= 11 is 0. The fourth-order valence-corrected chi connectivity index (χ4v) is 3.38. The molecule has 0 fully saturated rings. The van der Waals surface area contributed by atoms with Gasteiger partial charge in [-0.25, -0.2) is 22.8 Å². The molecule has 11 heteroatoms. The first kappa shape index (κ1) is 26.1. The van der Waals surface area contributed by atoms with E-state index in [-0.39, 0.29) is 24.7 Å². The number of halogens is 1. The Morgan fingerprint density at radius 2 is 1.82 bits per heavy atom. The molecule has 2 rings (SSSR count). The molecule has 2 aromatic rings. The third-order valence-corrected chi connectivity index (χ3v) is 4.97. The number of carbonyl (C=O) groups is 2. The Kier molecular flexibility index (Phi) is 8.77. The zero-order valence-electron chi connectivity index (χ0n) is 18.7. The molecule has 0 aliphatic carbocycles. The Balaban J connectivity index is 2.52. The number of ketones is 1. The van der Waals surface area contributed by atoms with Crippen molar-refractivity contribution in [2.75, 3.05) is 18.1 Å². The standard InChI is InChI=1S/C22H26FN3O6S/c1-13(2)20-18(10-9-16(27)11-17(28)12-19(29)32-3)21(14-5-7-15(23)8-6-14)25-22(24-20)26-33(4,30)31/h5-10,13,17,28H,11-12H2,1-4H3,(H,24,25,26)/b10-9+/t17-/m1/s1. The van der Waals surface area contributed by atoms with Gasteiger partial charge in [-0.1, -0.05) is 13.8 Å². The van der Waals surface area contributed by atoms with E-state index in [9.17, 15) is 27.5 Å². The number of carbonyl (C=O) groups excluding carboxylic acids is 2. The van der Waals surface area contributed by atoms with Gasteiger partial charge in [0.15, 0.2) is 5.78 Å². The van der Waals surface area contributed by atoms with Crippen LogP contribution in [0.2, 0.25) is 0 Å². The molecule has 1 atom stereocenters. The highest BCUT2D eigenvalue weighted by atomic mass is 32.2. The number of hydrogen-bond donors (Lipinski definition) is 2. The van der Waals surface area contributed by atoms with Crippen LogP contribution in [0.5, 0.6) is 0 Å². The third kappa shape index (κ3) is 8.03. The molecule has 0 amide bonds. The Labute approximate surface area is 191 Å². The van der Waals surface area contributed by atoms with Gasteiger partial charge in [0, 0.05) is 17.5 Å². The van der Waals surface area contributed by atoms with Crippen LogP contribution in [0, 0.1) is 5.82 Å². The molecule has 33 heavy (non-hydrogen) atoms. The van der Waals surface area contributed by atoms with Crippen molar-refractivity contribution >= 4 is 33.8 Å². The SMILES string of the molecule is COC(=O)C[C@H](O)CC(=O)/C=C/c1c(-c2ccc(F)cc2)nc(NS(C)(=O)=O)nc1C(C)C. The second kappa shape index (κ2) is 11.1. The summed E-state index contributed by atoms with van der Waals surface area (Å²) in [5.41, 5.74) is 1.66. The molecule has 0 spiro atoms. The van der Waals surface area contributed by atoms with Crippen LogP contribution in [-0.2, 0) is 24.3 Å². The van der Waals surface area contributed by atoms with Crippen molar-refractivity contribution in [2.45, 2.75) is 38.7 Å². The second-order valence-corrected chi connectivity index (χ2v) is 9.42. The van der Waals surface area contributed by atoms with Gasteiger partial charge in [0.1, 0.15) is 5.82 Å². The lowest BCUT2D eigenvalue weighted by Gasteiger charge is -2.16. The van der Waals surface area contributed by atoms with Crippen LogP contribution >= 0.6 is 0 Å². The van der Waals surface area contributed by atoms with Gasteiger partial charge in [0.25, 0.3) is 0 Å². The molecule has 0 aliphatic rings. The Morgan fingerprint density at radius 1 is 1.18 bits per heavy atom. The fraction of sp³-hybridized carbons (Fsp3) is 0.364. The molecule has 0 saturated heterocycles. The number of aliphatic hydroxyl groups is 1. The first-order valence-corrected chi connectivity index (χ1v) is 11.9. The number of aliphatic hydroxyl groups excluding tert-OH is 1. The Bertz CT molecular complexity index is 1150. The number of aromatic nitrogens is 2. The number of methoxy groups -OCH3 is 1. The maximum Gasteiger partial charge on any atom is 0.308 e. The van der Waals surface area contributed by atoms with E-state index >= 15 is 0 Å². The van der Waals surface area contributed by atoms with Crippen molar-refractivity contribution in [3.05, 3.63) is 47.4 Å². The molecule has 1 aromatic carbocycles. The number of nitrogens with zero attached hydrogens (tertiary/aromatic N) is 2. The van der Waals surface area contributed by atoms with Crippen LogP contribution in [0.4, 0.5) is 10.3 Å². The van der Waals surface area contributed by atoms with Crippen LogP contribution in [0.25, 0.3) is 17.3 Å². The quantitative estimate of drug-likeness (QED) is 0.392. The summed E-state index contributed by atoms with van der Waals surface area (Å²) in [7, 11) is -2.48. The number of benzene rings is 1. The average molecular weight is 480 g/mol. The molecule has 0 bridgehead atoms. The van der Waals surface area contributed by atoms with E-state index in [0.717, 1.165) is 6.26 Å². The minimum Gasteiger partial charge on any atom is -0.469 e. The van der Waals surface area contributed by atoms with Crippen LogP contribution < -0.4 is 4.72 Å². The minimum absolute atomic E-state index is 0.155. The van der Waals surface area contributed by atoms with E-state index in [4.69, 9.17) is 0 Å². The summed E-state index contributed by atoms with van der Waals surface area (Å²) in [4.78, 5) is 32.2. The molecule has 0 aliphatic heterocycles. The van der Waals surface area contributed by atoms with Crippen molar-refractivity contribution in [3.8, 4) is 11.3 Å². The molecule has 1 heterocycles. The van der Waals surface area contributed by atoms with Crippen LogP contribution in [-0.4, -0.2) is 54.7 Å². The normalized spacial score (nSPS) is 12.7.